The van der Waals surface area contributed by atoms with Gasteiger partial charge in [-0.05, 0) is 59.1 Å². The molecule has 0 N–H and O–H groups in total. The summed E-state index contributed by atoms with van der Waals surface area (Å²) in [5, 5.41) is 10.8. The lowest BCUT2D eigenvalue weighted by Gasteiger charge is -2.08. The molecule has 0 fully saturated rings. The van der Waals surface area contributed by atoms with E-state index in [0.717, 1.165) is 11.1 Å². The quantitative estimate of drug-likeness (QED) is 0.360. The van der Waals surface area contributed by atoms with Crippen molar-refractivity contribution in [3.05, 3.63) is 67.7 Å². The average molecular weight is 350 g/mol. The smallest absolute Gasteiger partial charge is 0.344 e. The highest BCUT2D eigenvalue weighted by molar-refractivity contribution is 9.10. The molecule has 0 aliphatic heterocycles. The molecule has 0 radical (unpaired) electrons. The van der Waals surface area contributed by atoms with Crippen molar-refractivity contribution in [2.24, 2.45) is 0 Å². The minimum absolute atomic E-state index is 0.113. The maximum Gasteiger partial charge on any atom is 0.344 e. The van der Waals surface area contributed by atoms with Crippen LogP contribution in [0.25, 0.3) is 0 Å². The van der Waals surface area contributed by atoms with Crippen LogP contribution in [0.3, 0.4) is 0 Å². The third kappa shape index (κ3) is 3.46. The first-order valence-electron chi connectivity index (χ1n) is 6.12. The van der Waals surface area contributed by atoms with E-state index >= 15 is 0 Å². The van der Waals surface area contributed by atoms with E-state index in [9.17, 15) is 14.9 Å². The van der Waals surface area contributed by atoms with Crippen molar-refractivity contribution in [2.75, 3.05) is 0 Å². The predicted molar refractivity (Wildman–Crippen MR) is 81.7 cm³/mol. The Hall–Kier alpha value is -2.21. The second-order valence-corrected chi connectivity index (χ2v) is 5.41. The summed E-state index contributed by atoms with van der Waals surface area (Å²) >= 11 is 3.20. The van der Waals surface area contributed by atoms with Crippen LogP contribution in [0.5, 0.6) is 5.75 Å². The van der Waals surface area contributed by atoms with E-state index in [4.69, 9.17) is 4.74 Å². The summed E-state index contributed by atoms with van der Waals surface area (Å²) < 4.78 is 5.71. The Balaban J connectivity index is 2.29. The Morgan fingerprint density at radius 3 is 2.48 bits per heavy atom. The molecule has 0 aliphatic carbocycles. The lowest BCUT2D eigenvalue weighted by atomic mass is 10.1. The fourth-order valence-electron chi connectivity index (χ4n) is 1.72. The molecule has 0 bridgehead atoms. The number of non-ortho nitro benzene ring substituents is 1. The van der Waals surface area contributed by atoms with Crippen LogP contribution in [-0.2, 0) is 0 Å². The first-order chi connectivity index (χ1) is 9.88. The third-order valence-electron chi connectivity index (χ3n) is 3.07. The van der Waals surface area contributed by atoms with Crippen molar-refractivity contribution >= 4 is 27.6 Å². The summed E-state index contributed by atoms with van der Waals surface area (Å²) in [6, 6.07) is 9.24. The van der Waals surface area contributed by atoms with E-state index in [-0.39, 0.29) is 11.3 Å². The minimum Gasteiger partial charge on any atom is -0.423 e. The molecule has 0 spiro atoms. The maximum atomic E-state index is 12.1. The first kappa shape index (κ1) is 15.2. The number of carbonyl (C=O) groups is 1. The summed E-state index contributed by atoms with van der Waals surface area (Å²) in [4.78, 5) is 22.3. The molecule has 2 aromatic carbocycles. The first-order valence-corrected chi connectivity index (χ1v) is 6.91. The third-order valence-corrected chi connectivity index (χ3v) is 3.76. The van der Waals surface area contributed by atoms with Gasteiger partial charge in [0.25, 0.3) is 5.69 Å². The van der Waals surface area contributed by atoms with Crippen LogP contribution in [0.1, 0.15) is 21.5 Å². The molecular formula is C15H12BrNO4. The summed E-state index contributed by atoms with van der Waals surface area (Å²) in [6.07, 6.45) is 0. The molecule has 2 aromatic rings. The summed E-state index contributed by atoms with van der Waals surface area (Å²) in [6.45, 7) is 3.87. The number of nitrogens with zero attached hydrogens (tertiary/aromatic N) is 1. The number of nitro groups is 1. The fourth-order valence-corrected chi connectivity index (χ4v) is 2.13. The zero-order valence-corrected chi connectivity index (χ0v) is 13.0. The van der Waals surface area contributed by atoms with Crippen molar-refractivity contribution in [3.63, 3.8) is 0 Å². The van der Waals surface area contributed by atoms with Crippen LogP contribution in [0, 0.1) is 24.0 Å². The van der Waals surface area contributed by atoms with Crippen LogP contribution in [0.2, 0.25) is 0 Å². The number of aryl methyl sites for hydroxylation is 2. The molecular weight excluding hydrogens is 338 g/mol. The van der Waals surface area contributed by atoms with E-state index in [2.05, 4.69) is 15.9 Å². The van der Waals surface area contributed by atoms with Gasteiger partial charge in [-0.2, -0.15) is 0 Å². The molecule has 21 heavy (non-hydrogen) atoms. The van der Waals surface area contributed by atoms with Crippen LogP contribution in [0.4, 0.5) is 5.69 Å². The molecule has 0 amide bonds. The average Bonchev–Trinajstić information content (AvgIpc) is 2.43. The molecule has 2 rings (SSSR count). The Labute approximate surface area is 129 Å². The van der Waals surface area contributed by atoms with Gasteiger partial charge in [0.15, 0.2) is 0 Å². The Kier molecular flexibility index (Phi) is 4.37. The van der Waals surface area contributed by atoms with Gasteiger partial charge in [-0.25, -0.2) is 4.79 Å². The van der Waals surface area contributed by atoms with Crippen molar-refractivity contribution in [3.8, 4) is 5.75 Å². The highest BCUT2D eigenvalue weighted by atomic mass is 79.9. The number of hydrogen-bond acceptors (Lipinski definition) is 4. The molecule has 5 nitrogen and oxygen atoms in total. The summed E-state index contributed by atoms with van der Waals surface area (Å²) in [5.41, 5.74) is 2.04. The highest BCUT2D eigenvalue weighted by Gasteiger charge is 2.17. The van der Waals surface area contributed by atoms with Gasteiger partial charge in [-0.1, -0.05) is 6.07 Å². The molecule has 108 valence electrons. The van der Waals surface area contributed by atoms with Gasteiger partial charge in [0.2, 0.25) is 0 Å². The van der Waals surface area contributed by atoms with E-state index in [1.807, 2.05) is 19.9 Å². The van der Waals surface area contributed by atoms with Crippen molar-refractivity contribution in [2.45, 2.75) is 13.8 Å². The molecule has 0 unspecified atom stereocenters. The number of benzene rings is 2. The zero-order chi connectivity index (χ0) is 15.6. The van der Waals surface area contributed by atoms with E-state index in [0.29, 0.717) is 10.2 Å². The minimum atomic E-state index is -0.645. The number of esters is 1. The standard InChI is InChI=1S/C15H12BrNO4/c1-9-3-5-12(7-10(9)2)21-15(18)13-8-11(17(19)20)4-6-14(13)16/h3-8H,1-2H3. The molecule has 0 aliphatic rings. The topological polar surface area (TPSA) is 69.4 Å². The van der Waals surface area contributed by atoms with Crippen LogP contribution >= 0.6 is 15.9 Å². The Bertz CT molecular complexity index is 728. The van der Waals surface area contributed by atoms with E-state index < -0.39 is 10.9 Å². The number of rotatable bonds is 3. The highest BCUT2D eigenvalue weighted by Crippen LogP contribution is 2.25. The summed E-state index contributed by atoms with van der Waals surface area (Å²) in [5.74, 6) is -0.240. The van der Waals surface area contributed by atoms with Gasteiger partial charge in [0.1, 0.15) is 5.75 Å². The molecule has 0 atom stereocenters. The van der Waals surface area contributed by atoms with E-state index in [1.165, 1.54) is 18.2 Å². The number of carbonyl (C=O) groups excluding carboxylic acids is 1. The summed E-state index contributed by atoms with van der Waals surface area (Å²) in [7, 11) is 0. The van der Waals surface area contributed by atoms with Gasteiger partial charge in [-0.3, -0.25) is 10.1 Å². The van der Waals surface area contributed by atoms with Crippen LogP contribution in [0.15, 0.2) is 40.9 Å². The lowest BCUT2D eigenvalue weighted by Crippen LogP contribution is -2.10. The number of nitro benzene ring substituents is 1. The fraction of sp³-hybridized carbons (Fsp3) is 0.133. The second-order valence-electron chi connectivity index (χ2n) is 4.56. The van der Waals surface area contributed by atoms with Crippen molar-refractivity contribution in [1.82, 2.24) is 0 Å². The molecule has 0 saturated carbocycles. The van der Waals surface area contributed by atoms with Crippen LogP contribution in [-0.4, -0.2) is 10.9 Å². The molecule has 0 saturated heterocycles. The molecule has 6 heteroatoms. The largest absolute Gasteiger partial charge is 0.423 e. The van der Waals surface area contributed by atoms with Gasteiger partial charge >= 0.3 is 5.97 Å². The second kappa shape index (κ2) is 6.05. The van der Waals surface area contributed by atoms with Gasteiger partial charge < -0.3 is 4.74 Å². The molecule has 0 heterocycles. The lowest BCUT2D eigenvalue weighted by molar-refractivity contribution is -0.384. The van der Waals surface area contributed by atoms with Gasteiger partial charge in [-0.15, -0.1) is 0 Å². The monoisotopic (exact) mass is 349 g/mol. The van der Waals surface area contributed by atoms with Gasteiger partial charge in [0.05, 0.1) is 10.5 Å². The van der Waals surface area contributed by atoms with E-state index in [1.54, 1.807) is 12.1 Å². The molecule has 0 aromatic heterocycles. The van der Waals surface area contributed by atoms with Gasteiger partial charge in [0, 0.05) is 16.6 Å². The number of hydrogen-bond donors (Lipinski definition) is 0. The number of halogens is 1. The van der Waals surface area contributed by atoms with Crippen LogP contribution < -0.4 is 4.74 Å². The zero-order valence-electron chi connectivity index (χ0n) is 11.4. The Morgan fingerprint density at radius 2 is 1.86 bits per heavy atom. The maximum absolute atomic E-state index is 12.1. The Morgan fingerprint density at radius 1 is 1.14 bits per heavy atom. The normalized spacial score (nSPS) is 10.2. The number of ether oxygens (including phenoxy) is 1. The predicted octanol–water partition coefficient (Wildman–Crippen LogP) is 4.19. The van der Waals surface area contributed by atoms with Crippen molar-refractivity contribution in [1.29, 1.82) is 0 Å². The van der Waals surface area contributed by atoms with Crippen molar-refractivity contribution < 1.29 is 14.5 Å². The SMILES string of the molecule is Cc1ccc(OC(=O)c2cc([N+](=O)[O-])ccc2Br)cc1C.